The number of nitrogens with one attached hydrogen (secondary N) is 1. The maximum atomic E-state index is 12.5. The van der Waals surface area contributed by atoms with Crippen LogP contribution in [0.2, 0.25) is 0 Å². The summed E-state index contributed by atoms with van der Waals surface area (Å²) in [5.41, 5.74) is 1.45. The van der Waals surface area contributed by atoms with Crippen LogP contribution in [0.1, 0.15) is 35.7 Å². The minimum atomic E-state index is -3.65. The van der Waals surface area contributed by atoms with E-state index in [1.165, 1.54) is 12.1 Å². The summed E-state index contributed by atoms with van der Waals surface area (Å²) in [5, 5.41) is 0. The first-order valence-corrected chi connectivity index (χ1v) is 10.3. The van der Waals surface area contributed by atoms with Gasteiger partial charge in [-0.2, -0.15) is 0 Å². The summed E-state index contributed by atoms with van der Waals surface area (Å²) in [6, 6.07) is 15.9. The Hall–Kier alpha value is -2.18. The Morgan fingerprint density at radius 1 is 1.08 bits per heavy atom. The standard InChI is InChI=1S/C20H26N2O3S/c1-3-4-15-22(2)20(23)18-11-8-12-19(16-18)26(24,25)21-14-13-17-9-6-5-7-10-17/h5-12,16,21H,3-4,13-15H2,1-2H3. The van der Waals surface area contributed by atoms with E-state index in [1.54, 1.807) is 24.1 Å². The van der Waals surface area contributed by atoms with Crippen molar-refractivity contribution in [2.45, 2.75) is 31.1 Å². The van der Waals surface area contributed by atoms with Crippen LogP contribution in [-0.2, 0) is 16.4 Å². The van der Waals surface area contributed by atoms with E-state index in [9.17, 15) is 13.2 Å². The summed E-state index contributed by atoms with van der Waals surface area (Å²) in [5.74, 6) is -0.167. The third-order valence-electron chi connectivity index (χ3n) is 4.13. The average Bonchev–Trinajstić information content (AvgIpc) is 2.66. The fourth-order valence-electron chi connectivity index (χ4n) is 2.57. The first-order chi connectivity index (χ1) is 12.4. The van der Waals surface area contributed by atoms with E-state index < -0.39 is 10.0 Å². The number of rotatable bonds is 9. The number of nitrogens with zero attached hydrogens (tertiary/aromatic N) is 1. The number of hydrogen-bond donors (Lipinski definition) is 1. The van der Waals surface area contributed by atoms with E-state index in [-0.39, 0.29) is 10.8 Å². The number of sulfonamides is 1. The topological polar surface area (TPSA) is 66.5 Å². The number of benzene rings is 2. The zero-order valence-electron chi connectivity index (χ0n) is 15.3. The molecule has 1 N–H and O–H groups in total. The molecule has 0 bridgehead atoms. The zero-order chi connectivity index (χ0) is 19.0. The van der Waals surface area contributed by atoms with Gasteiger partial charge in [0.25, 0.3) is 5.91 Å². The second kappa shape index (κ2) is 9.50. The molecule has 26 heavy (non-hydrogen) atoms. The van der Waals surface area contributed by atoms with E-state index >= 15 is 0 Å². The highest BCUT2D eigenvalue weighted by atomic mass is 32.2. The van der Waals surface area contributed by atoms with E-state index in [4.69, 9.17) is 0 Å². The molecule has 0 aliphatic rings. The molecule has 5 nitrogen and oxygen atoms in total. The lowest BCUT2D eigenvalue weighted by Crippen LogP contribution is -2.29. The maximum absolute atomic E-state index is 12.5. The van der Waals surface area contributed by atoms with Gasteiger partial charge in [0.2, 0.25) is 10.0 Å². The molecule has 0 atom stereocenters. The fraction of sp³-hybridized carbons (Fsp3) is 0.350. The maximum Gasteiger partial charge on any atom is 0.253 e. The van der Waals surface area contributed by atoms with Crippen LogP contribution in [0.25, 0.3) is 0 Å². The lowest BCUT2D eigenvalue weighted by atomic mass is 10.2. The largest absolute Gasteiger partial charge is 0.342 e. The highest BCUT2D eigenvalue weighted by Gasteiger charge is 2.17. The quantitative estimate of drug-likeness (QED) is 0.733. The minimum Gasteiger partial charge on any atom is -0.342 e. The molecule has 0 saturated heterocycles. The van der Waals surface area contributed by atoms with Crippen LogP contribution in [-0.4, -0.2) is 39.4 Å². The first kappa shape index (κ1) is 20.1. The molecule has 0 spiro atoms. The molecule has 2 aromatic carbocycles. The van der Waals surface area contributed by atoms with E-state index in [1.807, 2.05) is 30.3 Å². The van der Waals surface area contributed by atoms with Crippen molar-refractivity contribution in [2.24, 2.45) is 0 Å². The highest BCUT2D eigenvalue weighted by molar-refractivity contribution is 7.89. The second-order valence-corrected chi connectivity index (χ2v) is 8.01. The molecule has 2 aromatic rings. The van der Waals surface area contributed by atoms with Gasteiger partial charge in [-0.15, -0.1) is 0 Å². The Bertz CT molecular complexity index is 820. The normalized spacial score (nSPS) is 11.3. The first-order valence-electron chi connectivity index (χ1n) is 8.83. The van der Waals surface area contributed by atoms with Crippen molar-refractivity contribution in [2.75, 3.05) is 20.1 Å². The van der Waals surface area contributed by atoms with Crippen LogP contribution in [0, 0.1) is 0 Å². The van der Waals surface area contributed by atoms with Gasteiger partial charge >= 0.3 is 0 Å². The molecule has 0 aliphatic carbocycles. The fourth-order valence-corrected chi connectivity index (χ4v) is 3.65. The summed E-state index contributed by atoms with van der Waals surface area (Å²) >= 11 is 0. The van der Waals surface area contributed by atoms with Gasteiger partial charge in [0.1, 0.15) is 0 Å². The summed E-state index contributed by atoms with van der Waals surface area (Å²) in [6.07, 6.45) is 2.52. The Labute approximate surface area is 156 Å². The van der Waals surface area contributed by atoms with Crippen molar-refractivity contribution in [3.63, 3.8) is 0 Å². The van der Waals surface area contributed by atoms with Crippen LogP contribution in [0.15, 0.2) is 59.5 Å². The van der Waals surface area contributed by atoms with Crippen molar-refractivity contribution in [3.8, 4) is 0 Å². The van der Waals surface area contributed by atoms with Crippen molar-refractivity contribution in [3.05, 3.63) is 65.7 Å². The smallest absolute Gasteiger partial charge is 0.253 e. The third-order valence-corrected chi connectivity index (χ3v) is 5.59. The molecule has 140 valence electrons. The van der Waals surface area contributed by atoms with E-state index in [0.29, 0.717) is 25.1 Å². The number of carbonyl (C=O) groups is 1. The molecule has 0 aliphatic heterocycles. The number of amides is 1. The molecule has 6 heteroatoms. The number of carbonyl (C=O) groups excluding carboxylic acids is 1. The summed E-state index contributed by atoms with van der Waals surface area (Å²) in [7, 11) is -1.92. The summed E-state index contributed by atoms with van der Waals surface area (Å²) in [6.45, 7) is 3.02. The average molecular weight is 375 g/mol. The van der Waals surface area contributed by atoms with Crippen LogP contribution in [0.5, 0.6) is 0 Å². The van der Waals surface area contributed by atoms with Gasteiger partial charge in [0.05, 0.1) is 4.90 Å². The molecular weight excluding hydrogens is 348 g/mol. The molecule has 2 rings (SSSR count). The van der Waals surface area contributed by atoms with Crippen LogP contribution in [0.4, 0.5) is 0 Å². The molecule has 0 heterocycles. The van der Waals surface area contributed by atoms with Gasteiger partial charge in [-0.05, 0) is 36.6 Å². The van der Waals surface area contributed by atoms with Crippen molar-refractivity contribution < 1.29 is 13.2 Å². The number of hydrogen-bond acceptors (Lipinski definition) is 3. The number of unbranched alkanes of at least 4 members (excludes halogenated alkanes) is 1. The molecular formula is C20H26N2O3S. The van der Waals surface area contributed by atoms with Gasteiger partial charge in [-0.3, -0.25) is 4.79 Å². The molecule has 0 radical (unpaired) electrons. The lowest BCUT2D eigenvalue weighted by molar-refractivity contribution is 0.0793. The van der Waals surface area contributed by atoms with Crippen molar-refractivity contribution in [1.82, 2.24) is 9.62 Å². The molecule has 0 fully saturated rings. The lowest BCUT2D eigenvalue weighted by Gasteiger charge is -2.17. The van der Waals surface area contributed by atoms with Crippen molar-refractivity contribution in [1.29, 1.82) is 0 Å². The van der Waals surface area contributed by atoms with Gasteiger partial charge in [-0.25, -0.2) is 13.1 Å². The highest BCUT2D eigenvalue weighted by Crippen LogP contribution is 2.13. The van der Waals surface area contributed by atoms with Crippen LogP contribution in [0.3, 0.4) is 0 Å². The Morgan fingerprint density at radius 2 is 1.81 bits per heavy atom. The zero-order valence-corrected chi connectivity index (χ0v) is 16.1. The monoisotopic (exact) mass is 374 g/mol. The molecule has 0 aromatic heterocycles. The molecule has 0 saturated carbocycles. The van der Waals surface area contributed by atoms with Gasteiger partial charge in [0.15, 0.2) is 0 Å². The van der Waals surface area contributed by atoms with Gasteiger partial charge in [-0.1, -0.05) is 49.7 Å². The predicted octanol–water partition coefficient (Wildman–Crippen LogP) is 3.08. The van der Waals surface area contributed by atoms with Crippen LogP contribution < -0.4 is 4.72 Å². The van der Waals surface area contributed by atoms with Gasteiger partial charge < -0.3 is 4.90 Å². The predicted molar refractivity (Wildman–Crippen MR) is 104 cm³/mol. The Morgan fingerprint density at radius 3 is 2.50 bits per heavy atom. The minimum absolute atomic E-state index is 0.111. The summed E-state index contributed by atoms with van der Waals surface area (Å²) < 4.78 is 27.6. The summed E-state index contributed by atoms with van der Waals surface area (Å²) in [4.78, 5) is 14.2. The van der Waals surface area contributed by atoms with E-state index in [0.717, 1.165) is 18.4 Å². The third kappa shape index (κ3) is 5.68. The SMILES string of the molecule is CCCCN(C)C(=O)c1cccc(S(=O)(=O)NCCc2ccccc2)c1. The molecule has 1 amide bonds. The van der Waals surface area contributed by atoms with Crippen molar-refractivity contribution >= 4 is 15.9 Å². The molecule has 0 unspecified atom stereocenters. The Kier molecular flexibility index (Phi) is 7.36. The Balaban J connectivity index is 2.04. The van der Waals surface area contributed by atoms with E-state index in [2.05, 4.69) is 11.6 Å². The second-order valence-electron chi connectivity index (χ2n) is 6.24. The van der Waals surface area contributed by atoms with Crippen LogP contribution >= 0.6 is 0 Å². The van der Waals surface area contributed by atoms with Gasteiger partial charge in [0, 0.05) is 25.7 Å².